The fourth-order valence-corrected chi connectivity index (χ4v) is 1.60. The first-order valence-corrected chi connectivity index (χ1v) is 5.64. The van der Waals surface area contributed by atoms with Gasteiger partial charge in [0.1, 0.15) is 5.75 Å². The minimum Gasteiger partial charge on any atom is -0.507 e. The number of amides is 1. The van der Waals surface area contributed by atoms with Crippen LogP contribution in [0.5, 0.6) is 5.75 Å². The Morgan fingerprint density at radius 2 is 2.17 bits per heavy atom. The SMILES string of the molecule is Cc1ccc(O)c(C(=O)NCc2ccccn2)c1. The number of pyridine rings is 1. The summed E-state index contributed by atoms with van der Waals surface area (Å²) in [4.78, 5) is 16.0. The highest BCUT2D eigenvalue weighted by Gasteiger charge is 2.10. The molecule has 1 heterocycles. The van der Waals surface area contributed by atoms with Crippen LogP contribution in [0.1, 0.15) is 21.6 Å². The molecular formula is C14H14N2O2. The lowest BCUT2D eigenvalue weighted by Gasteiger charge is -2.07. The van der Waals surface area contributed by atoms with Gasteiger partial charge in [0.05, 0.1) is 17.8 Å². The van der Waals surface area contributed by atoms with Gasteiger partial charge in [0.25, 0.3) is 5.91 Å². The molecule has 18 heavy (non-hydrogen) atoms. The number of aromatic hydroxyl groups is 1. The molecule has 0 aliphatic heterocycles. The fourth-order valence-electron chi connectivity index (χ4n) is 1.60. The number of rotatable bonds is 3. The molecule has 2 aromatic rings. The monoisotopic (exact) mass is 242 g/mol. The summed E-state index contributed by atoms with van der Waals surface area (Å²) in [5.74, 6) is -0.319. The van der Waals surface area contributed by atoms with E-state index in [1.807, 2.05) is 25.1 Å². The summed E-state index contributed by atoms with van der Waals surface area (Å²) < 4.78 is 0. The minimum atomic E-state index is -0.304. The highest BCUT2D eigenvalue weighted by atomic mass is 16.3. The molecule has 0 aliphatic carbocycles. The third-order valence-corrected chi connectivity index (χ3v) is 2.55. The van der Waals surface area contributed by atoms with Crippen LogP contribution in [0.2, 0.25) is 0 Å². The van der Waals surface area contributed by atoms with Crippen LogP contribution in [0.4, 0.5) is 0 Å². The Morgan fingerprint density at radius 1 is 1.33 bits per heavy atom. The van der Waals surface area contributed by atoms with Gasteiger partial charge in [0, 0.05) is 6.20 Å². The number of carbonyl (C=O) groups excluding carboxylic acids is 1. The highest BCUT2D eigenvalue weighted by Crippen LogP contribution is 2.17. The summed E-state index contributed by atoms with van der Waals surface area (Å²) >= 11 is 0. The van der Waals surface area contributed by atoms with Crippen molar-refractivity contribution in [3.05, 3.63) is 59.4 Å². The number of nitrogens with one attached hydrogen (secondary N) is 1. The van der Waals surface area contributed by atoms with E-state index in [2.05, 4.69) is 10.3 Å². The summed E-state index contributed by atoms with van der Waals surface area (Å²) in [7, 11) is 0. The molecule has 0 radical (unpaired) electrons. The largest absolute Gasteiger partial charge is 0.507 e. The Morgan fingerprint density at radius 3 is 2.89 bits per heavy atom. The van der Waals surface area contributed by atoms with Gasteiger partial charge in [-0.1, -0.05) is 17.7 Å². The van der Waals surface area contributed by atoms with Crippen LogP contribution in [0.25, 0.3) is 0 Å². The molecule has 4 heteroatoms. The molecule has 2 N–H and O–H groups in total. The van der Waals surface area contributed by atoms with E-state index in [4.69, 9.17) is 0 Å². The van der Waals surface area contributed by atoms with Gasteiger partial charge in [-0.05, 0) is 31.2 Å². The fraction of sp³-hybridized carbons (Fsp3) is 0.143. The van der Waals surface area contributed by atoms with Crippen molar-refractivity contribution in [3.8, 4) is 5.75 Å². The minimum absolute atomic E-state index is 0.0147. The van der Waals surface area contributed by atoms with Gasteiger partial charge < -0.3 is 10.4 Å². The summed E-state index contributed by atoms with van der Waals surface area (Å²) in [5.41, 5.74) is 1.99. The molecule has 0 atom stereocenters. The zero-order valence-electron chi connectivity index (χ0n) is 10.1. The first-order valence-electron chi connectivity index (χ1n) is 5.64. The van der Waals surface area contributed by atoms with Gasteiger partial charge in [-0.25, -0.2) is 0 Å². The van der Waals surface area contributed by atoms with Crippen molar-refractivity contribution in [2.45, 2.75) is 13.5 Å². The van der Waals surface area contributed by atoms with Crippen LogP contribution in [0, 0.1) is 6.92 Å². The number of carbonyl (C=O) groups is 1. The summed E-state index contributed by atoms with van der Waals surface area (Å²) in [6, 6.07) is 10.4. The van der Waals surface area contributed by atoms with Crippen LogP contribution in [0.3, 0.4) is 0 Å². The molecule has 0 fully saturated rings. The van der Waals surface area contributed by atoms with E-state index < -0.39 is 0 Å². The second-order valence-electron chi connectivity index (χ2n) is 4.02. The van der Waals surface area contributed by atoms with Crippen molar-refractivity contribution in [2.75, 3.05) is 0 Å². The van der Waals surface area contributed by atoms with Crippen molar-refractivity contribution < 1.29 is 9.90 Å². The second kappa shape index (κ2) is 5.31. The van der Waals surface area contributed by atoms with Crippen LogP contribution < -0.4 is 5.32 Å². The Bertz CT molecular complexity index is 553. The molecule has 0 bridgehead atoms. The lowest BCUT2D eigenvalue weighted by molar-refractivity contribution is 0.0947. The number of benzene rings is 1. The molecule has 0 saturated carbocycles. The first kappa shape index (κ1) is 12.1. The molecule has 1 amide bonds. The van der Waals surface area contributed by atoms with E-state index >= 15 is 0 Å². The first-order chi connectivity index (χ1) is 8.66. The Labute approximate surface area is 105 Å². The van der Waals surface area contributed by atoms with Gasteiger partial charge in [0.2, 0.25) is 0 Å². The van der Waals surface area contributed by atoms with Crippen molar-refractivity contribution in [2.24, 2.45) is 0 Å². The van der Waals surface area contributed by atoms with Crippen LogP contribution >= 0.6 is 0 Å². The average Bonchev–Trinajstić information content (AvgIpc) is 2.40. The average molecular weight is 242 g/mol. The third kappa shape index (κ3) is 2.85. The normalized spacial score (nSPS) is 10.1. The van der Waals surface area contributed by atoms with Gasteiger partial charge in [-0.2, -0.15) is 0 Å². The summed E-state index contributed by atoms with van der Waals surface area (Å²) in [6.07, 6.45) is 1.67. The van der Waals surface area contributed by atoms with E-state index in [9.17, 15) is 9.90 Å². The molecule has 0 aliphatic rings. The van der Waals surface area contributed by atoms with E-state index in [1.54, 1.807) is 18.3 Å². The lowest BCUT2D eigenvalue weighted by atomic mass is 10.1. The van der Waals surface area contributed by atoms with Crippen molar-refractivity contribution in [1.82, 2.24) is 10.3 Å². The van der Waals surface area contributed by atoms with Crippen LogP contribution in [-0.2, 0) is 6.54 Å². The quantitative estimate of drug-likeness (QED) is 0.865. The Balaban J connectivity index is 2.06. The maximum Gasteiger partial charge on any atom is 0.255 e. The summed E-state index contributed by atoms with van der Waals surface area (Å²) in [5, 5.41) is 12.3. The molecule has 92 valence electrons. The van der Waals surface area contributed by atoms with Crippen molar-refractivity contribution in [3.63, 3.8) is 0 Å². The van der Waals surface area contributed by atoms with Crippen molar-refractivity contribution >= 4 is 5.91 Å². The zero-order chi connectivity index (χ0) is 13.0. The number of hydrogen-bond acceptors (Lipinski definition) is 3. The topological polar surface area (TPSA) is 62.2 Å². The number of phenolic OH excluding ortho intramolecular Hbond substituents is 1. The molecule has 4 nitrogen and oxygen atoms in total. The lowest BCUT2D eigenvalue weighted by Crippen LogP contribution is -2.23. The maximum atomic E-state index is 11.9. The number of hydrogen-bond donors (Lipinski definition) is 2. The molecule has 1 aromatic carbocycles. The van der Waals surface area contributed by atoms with E-state index in [0.29, 0.717) is 6.54 Å². The number of nitrogens with zero attached hydrogens (tertiary/aromatic N) is 1. The molecular weight excluding hydrogens is 228 g/mol. The number of aryl methyl sites for hydroxylation is 1. The van der Waals surface area contributed by atoms with Gasteiger partial charge in [0.15, 0.2) is 0 Å². The molecule has 1 aromatic heterocycles. The van der Waals surface area contributed by atoms with Crippen molar-refractivity contribution in [1.29, 1.82) is 0 Å². The number of aromatic nitrogens is 1. The van der Waals surface area contributed by atoms with Gasteiger partial charge >= 0.3 is 0 Å². The standard InChI is InChI=1S/C14H14N2O2/c1-10-5-6-13(17)12(8-10)14(18)16-9-11-4-2-3-7-15-11/h2-8,17H,9H2,1H3,(H,16,18). The third-order valence-electron chi connectivity index (χ3n) is 2.55. The van der Waals surface area contributed by atoms with E-state index in [-0.39, 0.29) is 17.2 Å². The van der Waals surface area contributed by atoms with Gasteiger partial charge in [-0.3, -0.25) is 9.78 Å². The number of phenols is 1. The maximum absolute atomic E-state index is 11.9. The Hall–Kier alpha value is -2.36. The molecule has 0 spiro atoms. The molecule has 0 saturated heterocycles. The van der Waals surface area contributed by atoms with E-state index in [1.165, 1.54) is 6.07 Å². The van der Waals surface area contributed by atoms with Gasteiger partial charge in [-0.15, -0.1) is 0 Å². The Kier molecular flexibility index (Phi) is 3.57. The molecule has 0 unspecified atom stereocenters. The predicted molar refractivity (Wildman–Crippen MR) is 68.3 cm³/mol. The smallest absolute Gasteiger partial charge is 0.255 e. The van der Waals surface area contributed by atoms with Crippen LogP contribution in [0.15, 0.2) is 42.6 Å². The molecule has 2 rings (SSSR count). The zero-order valence-corrected chi connectivity index (χ0v) is 10.1. The summed E-state index contributed by atoms with van der Waals surface area (Å²) in [6.45, 7) is 2.21. The highest BCUT2D eigenvalue weighted by molar-refractivity contribution is 5.96. The predicted octanol–water partition coefficient (Wildman–Crippen LogP) is 2.03. The van der Waals surface area contributed by atoms with E-state index in [0.717, 1.165) is 11.3 Å². The van der Waals surface area contributed by atoms with Crippen LogP contribution in [-0.4, -0.2) is 16.0 Å². The second-order valence-corrected chi connectivity index (χ2v) is 4.02.